The molecule has 7 nitrogen and oxygen atoms in total. The molecule has 2 N–H and O–H groups in total. The second-order valence-corrected chi connectivity index (χ2v) is 18.9. The first-order valence-corrected chi connectivity index (χ1v) is 24.6. The molecule has 11 rings (SSSR count). The first-order valence-electron chi connectivity index (χ1n) is 24.6. The fourth-order valence-electron chi connectivity index (χ4n) is 9.79. The molecule has 0 aliphatic carbocycles. The van der Waals surface area contributed by atoms with Gasteiger partial charge in [0.25, 0.3) is 0 Å². The minimum atomic E-state index is 0.883. The van der Waals surface area contributed by atoms with Crippen molar-refractivity contribution in [3.63, 3.8) is 0 Å². The highest BCUT2D eigenvalue weighted by Crippen LogP contribution is 2.35. The van der Waals surface area contributed by atoms with E-state index in [4.69, 9.17) is 9.98 Å². The summed E-state index contributed by atoms with van der Waals surface area (Å²) in [5, 5.41) is 0. The zero-order valence-corrected chi connectivity index (χ0v) is 40.5. The topological polar surface area (TPSA) is 63.0 Å². The number of nitrogens with zero attached hydrogens (tertiary/aromatic N) is 5. The van der Waals surface area contributed by atoms with Gasteiger partial charge in [0.2, 0.25) is 22.8 Å². The number of allylic oxidation sites excluding steroid dienone is 18. The number of hydrogen-bond donors (Lipinski definition) is 2. The molecule has 0 unspecified atom stereocenters. The summed E-state index contributed by atoms with van der Waals surface area (Å²) in [7, 11) is 2.05. The van der Waals surface area contributed by atoms with E-state index in [0.29, 0.717) is 0 Å². The van der Waals surface area contributed by atoms with Gasteiger partial charge in [-0.1, -0.05) is 95.9 Å². The average Bonchev–Trinajstić information content (AvgIpc) is 4.24. The minimum Gasteiger partial charge on any atom is -0.357 e. The lowest BCUT2D eigenvalue weighted by Gasteiger charge is -2.20. The molecular weight excluding hydrogens is 855 g/mol. The number of hydrogen-bond acceptors (Lipinski definition) is 4. The largest absolute Gasteiger partial charge is 0.357 e. The fraction of sp³-hybridized carbons (Fsp3) is 0.159. The van der Waals surface area contributed by atoms with Crippen LogP contribution in [0.1, 0.15) is 64.6 Å². The van der Waals surface area contributed by atoms with Gasteiger partial charge in [-0.15, -0.1) is 0 Å². The summed E-state index contributed by atoms with van der Waals surface area (Å²) >= 11 is 0. The second kappa shape index (κ2) is 19.4. The van der Waals surface area contributed by atoms with Gasteiger partial charge < -0.3 is 9.80 Å². The number of aromatic nitrogens is 1. The smallest absolute Gasteiger partial charge is 0.218 e. The van der Waals surface area contributed by atoms with Crippen LogP contribution in [0, 0.1) is 20.8 Å². The summed E-state index contributed by atoms with van der Waals surface area (Å²) < 4.78 is 2.31. The average molecular weight is 913 g/mol. The second-order valence-electron chi connectivity index (χ2n) is 18.9. The predicted octanol–water partition coefficient (Wildman–Crippen LogP) is 9.24. The molecule has 7 heteroatoms. The zero-order valence-electron chi connectivity index (χ0n) is 40.5. The molecule has 0 spiro atoms. The number of aryl methyl sites for hydroxylation is 4. The fourth-order valence-corrected chi connectivity index (χ4v) is 9.79. The molecule has 0 amide bonds. The van der Waals surface area contributed by atoms with E-state index in [1.807, 2.05) is 7.05 Å². The van der Waals surface area contributed by atoms with Gasteiger partial charge in [0.15, 0.2) is 12.4 Å². The summed E-state index contributed by atoms with van der Waals surface area (Å²) in [5.74, 6) is 0. The molecule has 0 saturated carbocycles. The van der Waals surface area contributed by atoms with Crippen LogP contribution in [0.2, 0.25) is 0 Å². The van der Waals surface area contributed by atoms with Gasteiger partial charge >= 0.3 is 0 Å². The maximum Gasteiger partial charge on any atom is 0.218 e. The third-order valence-corrected chi connectivity index (χ3v) is 13.7. The van der Waals surface area contributed by atoms with Gasteiger partial charge in [-0.05, 0) is 116 Å². The highest BCUT2D eigenvalue weighted by molar-refractivity contribution is 6.37. The van der Waals surface area contributed by atoms with Crippen molar-refractivity contribution < 1.29 is 14.6 Å². The molecule has 4 aromatic rings. The summed E-state index contributed by atoms with van der Waals surface area (Å²) in [6.07, 6.45) is 43.9. The number of pyridine rings is 1. The summed E-state index contributed by atoms with van der Waals surface area (Å²) in [6, 6.07) is 30.8. The van der Waals surface area contributed by atoms with E-state index >= 15 is 0 Å². The van der Waals surface area contributed by atoms with E-state index in [9.17, 15) is 0 Å². The minimum absolute atomic E-state index is 0.883. The molecule has 0 saturated heterocycles. The Morgan fingerprint density at radius 1 is 0.429 bits per heavy atom. The van der Waals surface area contributed by atoms with Gasteiger partial charge in [-0.25, -0.2) is 24.5 Å². The van der Waals surface area contributed by atoms with Crippen LogP contribution in [-0.2, 0) is 6.54 Å². The molecule has 0 atom stereocenters. The van der Waals surface area contributed by atoms with Crippen molar-refractivity contribution in [3.05, 3.63) is 268 Å². The molecule has 7 aliphatic rings. The van der Waals surface area contributed by atoms with E-state index in [2.05, 4.69) is 240 Å². The van der Waals surface area contributed by atoms with Crippen LogP contribution in [-0.4, -0.2) is 46.2 Å². The van der Waals surface area contributed by atoms with Gasteiger partial charge in [-0.3, -0.25) is 0 Å². The predicted molar refractivity (Wildman–Crippen MR) is 288 cm³/mol. The molecular formula is C63H58N7+3. The Morgan fingerprint density at radius 3 is 1.47 bits per heavy atom. The van der Waals surface area contributed by atoms with Crippen molar-refractivity contribution in [2.24, 2.45) is 9.98 Å². The Bertz CT molecular complexity index is 3260. The quantitative estimate of drug-likeness (QED) is 0.117. The van der Waals surface area contributed by atoms with Crippen LogP contribution in [0.25, 0.3) is 22.3 Å². The molecule has 8 heterocycles. The first-order chi connectivity index (χ1) is 34.3. The number of fused-ring (bicyclic) bond motifs is 4. The van der Waals surface area contributed by atoms with Crippen LogP contribution in [0.15, 0.2) is 239 Å². The van der Waals surface area contributed by atoms with Gasteiger partial charge in [0, 0.05) is 86.8 Å². The molecule has 0 fully saturated rings. The first kappa shape index (κ1) is 44.2. The Hall–Kier alpha value is -8.29. The van der Waals surface area contributed by atoms with Gasteiger partial charge in [0.05, 0.1) is 34.0 Å². The number of nitrogens with one attached hydrogen (secondary N) is 2. The lowest BCUT2D eigenvalue weighted by Crippen LogP contribution is -2.71. The van der Waals surface area contributed by atoms with E-state index in [1.165, 1.54) is 40.7 Å². The number of benzene rings is 3. The maximum absolute atomic E-state index is 5.51. The number of unbranched alkanes of at least 4 members (excludes halogenated alkanes) is 3. The molecule has 70 heavy (non-hydrogen) atoms. The molecule has 342 valence electrons. The zero-order chi connectivity index (χ0) is 47.6. The SMILES string of the molecule is Cc1ccc(C2=C3C=CC(=N3)C(c3cc[n+](CCCCCCN4C=CC(=C5C=CN(C)C=C5)C=C4)cc3)=C3C=CC(=N3)C(c3ccc(C)cc3)=C3C=CC(=[NH+]3)C(c3ccc(C)cc3)=C3C=CC2=[NH+]3)cc1. The Labute approximate surface area is 412 Å². The van der Waals surface area contributed by atoms with Gasteiger partial charge in [0.1, 0.15) is 12.1 Å². The summed E-state index contributed by atoms with van der Waals surface area (Å²) in [6.45, 7) is 8.39. The standard InChI is InChI=1S/C63H56N7/c1-43-9-15-48(16-10-43)60-52-21-23-54(64-52)61(49-17-11-44(2)12-18-49)56-25-27-58(66-56)63(59-28-26-57(67-59)62(55-24-22-53(60)65-55)50-19-13-45(3)14-20-50)51-33-41-70(42-34-51)36-8-6-5-7-35-69-39-31-47(32-40-69)46-29-37-68(4)38-30-46/h9-34,37-42H,5-8,35-36H2,1-4H3/q+1/p+2. The highest BCUT2D eigenvalue weighted by Gasteiger charge is 2.33. The van der Waals surface area contributed by atoms with Crippen LogP contribution in [0.3, 0.4) is 0 Å². The Morgan fingerprint density at radius 2 is 0.886 bits per heavy atom. The van der Waals surface area contributed by atoms with Crippen LogP contribution in [0.4, 0.5) is 0 Å². The highest BCUT2D eigenvalue weighted by atomic mass is 15.1. The van der Waals surface area contributed by atoms with Crippen molar-refractivity contribution in [2.45, 2.75) is 53.0 Å². The van der Waals surface area contributed by atoms with E-state index < -0.39 is 0 Å². The Kier molecular flexibility index (Phi) is 12.2. The van der Waals surface area contributed by atoms with Crippen LogP contribution >= 0.6 is 0 Å². The van der Waals surface area contributed by atoms with Crippen molar-refractivity contribution in [2.75, 3.05) is 13.6 Å². The molecule has 7 aliphatic heterocycles. The van der Waals surface area contributed by atoms with Crippen molar-refractivity contribution in [1.29, 1.82) is 0 Å². The monoisotopic (exact) mass is 912 g/mol. The normalized spacial score (nSPS) is 17.9. The third kappa shape index (κ3) is 9.31. The molecule has 0 radical (unpaired) electrons. The summed E-state index contributed by atoms with van der Waals surface area (Å²) in [5.41, 5.74) is 22.3. The maximum atomic E-state index is 5.51. The van der Waals surface area contributed by atoms with Crippen molar-refractivity contribution >= 4 is 45.1 Å². The molecule has 3 aromatic carbocycles. The van der Waals surface area contributed by atoms with Crippen molar-refractivity contribution in [1.82, 2.24) is 9.80 Å². The summed E-state index contributed by atoms with van der Waals surface area (Å²) in [4.78, 5) is 23.2. The number of aliphatic imine (C=N–C) groups is 2. The third-order valence-electron chi connectivity index (χ3n) is 13.7. The van der Waals surface area contributed by atoms with E-state index in [1.54, 1.807) is 0 Å². The van der Waals surface area contributed by atoms with Crippen LogP contribution in [0.5, 0.6) is 0 Å². The van der Waals surface area contributed by atoms with Gasteiger partial charge in [-0.2, -0.15) is 0 Å². The number of rotatable bonds is 11. The van der Waals surface area contributed by atoms with Crippen LogP contribution < -0.4 is 14.6 Å². The lowest BCUT2D eigenvalue weighted by molar-refractivity contribution is -0.697. The van der Waals surface area contributed by atoms with Crippen molar-refractivity contribution in [3.8, 4) is 0 Å². The van der Waals surface area contributed by atoms with E-state index in [-0.39, 0.29) is 0 Å². The lowest BCUT2D eigenvalue weighted by atomic mass is 9.97. The molecule has 1 aromatic heterocycles. The van der Waals surface area contributed by atoms with E-state index in [0.717, 1.165) is 116 Å². The molecule has 8 bridgehead atoms. The Balaban J connectivity index is 0.919.